The number of para-hydroxylation sites is 1. The molecule has 0 atom stereocenters. The fraction of sp³-hybridized carbons (Fsp3) is 0.133. The summed E-state index contributed by atoms with van der Waals surface area (Å²) in [7, 11) is 1.91. The molecular formula is C15H12Cl2N2O. The molecule has 3 nitrogen and oxygen atoms in total. The molecule has 0 aliphatic rings. The first-order chi connectivity index (χ1) is 9.65. The lowest BCUT2D eigenvalue weighted by Gasteiger charge is -2.07. The standard InChI is InChI=1S/C15H12Cl2N2O/c1-19-14-5-3-2-4-11(14)13(18-19)9-20-15-8-10(16)6-7-12(15)17/h2-8H,9H2,1H3. The fourth-order valence-electron chi connectivity index (χ4n) is 2.13. The Morgan fingerprint density at radius 3 is 2.80 bits per heavy atom. The van der Waals surface area contributed by atoms with Crippen molar-refractivity contribution in [2.45, 2.75) is 6.61 Å². The monoisotopic (exact) mass is 306 g/mol. The number of fused-ring (bicyclic) bond motifs is 1. The molecule has 0 N–H and O–H groups in total. The van der Waals surface area contributed by atoms with Gasteiger partial charge in [-0.1, -0.05) is 41.4 Å². The van der Waals surface area contributed by atoms with Gasteiger partial charge < -0.3 is 4.74 Å². The summed E-state index contributed by atoms with van der Waals surface area (Å²) in [4.78, 5) is 0. The molecular weight excluding hydrogens is 295 g/mol. The Morgan fingerprint density at radius 1 is 1.15 bits per heavy atom. The summed E-state index contributed by atoms with van der Waals surface area (Å²) < 4.78 is 7.57. The van der Waals surface area contributed by atoms with Gasteiger partial charge in [-0.3, -0.25) is 4.68 Å². The summed E-state index contributed by atoms with van der Waals surface area (Å²) >= 11 is 12.0. The molecule has 3 rings (SSSR count). The summed E-state index contributed by atoms with van der Waals surface area (Å²) in [6.07, 6.45) is 0. The van der Waals surface area contributed by atoms with Crippen LogP contribution < -0.4 is 4.74 Å². The first-order valence-electron chi connectivity index (χ1n) is 6.13. The van der Waals surface area contributed by atoms with E-state index in [-0.39, 0.29) is 0 Å². The first-order valence-corrected chi connectivity index (χ1v) is 6.89. The highest BCUT2D eigenvalue weighted by Crippen LogP contribution is 2.29. The number of aryl methyl sites for hydroxylation is 1. The molecule has 0 fully saturated rings. The van der Waals surface area contributed by atoms with Gasteiger partial charge in [-0.2, -0.15) is 5.10 Å². The van der Waals surface area contributed by atoms with Crippen LogP contribution >= 0.6 is 23.2 Å². The molecule has 2 aromatic carbocycles. The minimum atomic E-state index is 0.349. The Morgan fingerprint density at radius 2 is 1.95 bits per heavy atom. The van der Waals surface area contributed by atoms with E-state index in [1.165, 1.54) is 0 Å². The molecule has 102 valence electrons. The maximum absolute atomic E-state index is 6.08. The highest BCUT2D eigenvalue weighted by molar-refractivity contribution is 6.34. The molecule has 0 bridgehead atoms. The van der Waals surface area contributed by atoms with Gasteiger partial charge in [0.05, 0.1) is 10.5 Å². The third-order valence-electron chi connectivity index (χ3n) is 3.09. The summed E-state index contributed by atoms with van der Waals surface area (Å²) in [5.41, 5.74) is 1.95. The average Bonchev–Trinajstić information content (AvgIpc) is 2.77. The summed E-state index contributed by atoms with van der Waals surface area (Å²) in [6.45, 7) is 0.349. The van der Waals surface area contributed by atoms with Gasteiger partial charge in [-0.05, 0) is 18.2 Å². The van der Waals surface area contributed by atoms with Crippen LogP contribution in [0.3, 0.4) is 0 Å². The zero-order chi connectivity index (χ0) is 14.1. The number of nitrogens with zero attached hydrogens (tertiary/aromatic N) is 2. The van der Waals surface area contributed by atoms with E-state index in [4.69, 9.17) is 27.9 Å². The van der Waals surface area contributed by atoms with Crippen molar-refractivity contribution < 1.29 is 4.74 Å². The van der Waals surface area contributed by atoms with E-state index in [2.05, 4.69) is 5.10 Å². The third kappa shape index (κ3) is 2.47. The maximum atomic E-state index is 6.08. The van der Waals surface area contributed by atoms with Gasteiger partial charge >= 0.3 is 0 Å². The first kappa shape index (κ1) is 13.3. The molecule has 5 heteroatoms. The molecule has 0 aliphatic carbocycles. The van der Waals surface area contributed by atoms with Crippen LogP contribution in [0.1, 0.15) is 5.69 Å². The van der Waals surface area contributed by atoms with Crippen molar-refractivity contribution in [1.29, 1.82) is 0 Å². The zero-order valence-electron chi connectivity index (χ0n) is 10.8. The molecule has 20 heavy (non-hydrogen) atoms. The van der Waals surface area contributed by atoms with Crippen molar-refractivity contribution in [3.8, 4) is 5.75 Å². The van der Waals surface area contributed by atoms with E-state index in [1.807, 2.05) is 36.0 Å². The Kier molecular flexibility index (Phi) is 3.55. The van der Waals surface area contributed by atoms with Gasteiger partial charge in [0, 0.05) is 23.5 Å². The second kappa shape index (κ2) is 5.35. The number of halogens is 2. The molecule has 1 heterocycles. The van der Waals surface area contributed by atoms with Crippen LogP contribution in [0, 0.1) is 0 Å². The van der Waals surface area contributed by atoms with E-state index in [0.717, 1.165) is 16.6 Å². The molecule has 0 saturated carbocycles. The Balaban J connectivity index is 1.89. The lowest BCUT2D eigenvalue weighted by molar-refractivity contribution is 0.301. The van der Waals surface area contributed by atoms with Gasteiger partial charge in [0.25, 0.3) is 0 Å². The highest BCUT2D eigenvalue weighted by Gasteiger charge is 2.09. The zero-order valence-corrected chi connectivity index (χ0v) is 12.3. The second-order valence-electron chi connectivity index (χ2n) is 4.45. The van der Waals surface area contributed by atoms with Crippen LogP contribution in [-0.2, 0) is 13.7 Å². The van der Waals surface area contributed by atoms with Crippen molar-refractivity contribution in [2.24, 2.45) is 7.05 Å². The van der Waals surface area contributed by atoms with Crippen molar-refractivity contribution >= 4 is 34.1 Å². The van der Waals surface area contributed by atoms with Crippen molar-refractivity contribution in [1.82, 2.24) is 9.78 Å². The van der Waals surface area contributed by atoms with Crippen LogP contribution in [0.4, 0.5) is 0 Å². The average molecular weight is 307 g/mol. The number of aromatic nitrogens is 2. The van der Waals surface area contributed by atoms with Crippen LogP contribution in [-0.4, -0.2) is 9.78 Å². The van der Waals surface area contributed by atoms with E-state index < -0.39 is 0 Å². The summed E-state index contributed by atoms with van der Waals surface area (Å²) in [5, 5.41) is 6.68. The highest BCUT2D eigenvalue weighted by atomic mass is 35.5. The maximum Gasteiger partial charge on any atom is 0.139 e. The Labute approximate surface area is 126 Å². The summed E-state index contributed by atoms with van der Waals surface area (Å²) in [6, 6.07) is 13.2. The predicted molar refractivity (Wildman–Crippen MR) is 81.5 cm³/mol. The van der Waals surface area contributed by atoms with Crippen molar-refractivity contribution in [3.63, 3.8) is 0 Å². The quantitative estimate of drug-likeness (QED) is 0.714. The third-order valence-corrected chi connectivity index (χ3v) is 3.64. The molecule has 0 radical (unpaired) electrons. The van der Waals surface area contributed by atoms with Crippen LogP contribution in [0.25, 0.3) is 10.9 Å². The van der Waals surface area contributed by atoms with Crippen LogP contribution in [0.2, 0.25) is 10.0 Å². The van der Waals surface area contributed by atoms with E-state index in [0.29, 0.717) is 22.4 Å². The molecule has 0 unspecified atom stereocenters. The largest absolute Gasteiger partial charge is 0.486 e. The lowest BCUT2D eigenvalue weighted by atomic mass is 10.2. The molecule has 3 aromatic rings. The lowest BCUT2D eigenvalue weighted by Crippen LogP contribution is -1.98. The molecule has 0 amide bonds. The fourth-order valence-corrected chi connectivity index (χ4v) is 2.46. The number of rotatable bonds is 3. The minimum absolute atomic E-state index is 0.349. The van der Waals surface area contributed by atoms with E-state index in [1.54, 1.807) is 18.2 Å². The molecule has 0 saturated heterocycles. The van der Waals surface area contributed by atoms with Gasteiger partial charge in [0.2, 0.25) is 0 Å². The van der Waals surface area contributed by atoms with Gasteiger partial charge in [0.1, 0.15) is 18.1 Å². The van der Waals surface area contributed by atoms with Crippen molar-refractivity contribution in [3.05, 3.63) is 58.2 Å². The molecule has 0 spiro atoms. The van der Waals surface area contributed by atoms with E-state index >= 15 is 0 Å². The van der Waals surface area contributed by atoms with Gasteiger partial charge in [-0.25, -0.2) is 0 Å². The van der Waals surface area contributed by atoms with E-state index in [9.17, 15) is 0 Å². The normalized spacial score (nSPS) is 10.9. The van der Waals surface area contributed by atoms with Crippen LogP contribution in [0.15, 0.2) is 42.5 Å². The number of hydrogen-bond acceptors (Lipinski definition) is 2. The number of hydrogen-bond donors (Lipinski definition) is 0. The second-order valence-corrected chi connectivity index (χ2v) is 5.29. The van der Waals surface area contributed by atoms with Gasteiger partial charge in [-0.15, -0.1) is 0 Å². The molecule has 1 aromatic heterocycles. The number of ether oxygens (including phenoxy) is 1. The Hall–Kier alpha value is -1.71. The minimum Gasteiger partial charge on any atom is -0.486 e. The topological polar surface area (TPSA) is 27.1 Å². The number of benzene rings is 2. The summed E-state index contributed by atoms with van der Waals surface area (Å²) in [5.74, 6) is 0.564. The Bertz CT molecular complexity index is 768. The predicted octanol–water partition coefficient (Wildman–Crippen LogP) is 4.46. The smallest absolute Gasteiger partial charge is 0.139 e. The SMILES string of the molecule is Cn1nc(COc2cc(Cl)ccc2Cl)c2ccccc21. The van der Waals surface area contributed by atoms with Gasteiger partial charge in [0.15, 0.2) is 0 Å². The van der Waals surface area contributed by atoms with Crippen LogP contribution in [0.5, 0.6) is 5.75 Å². The van der Waals surface area contributed by atoms with Crippen molar-refractivity contribution in [2.75, 3.05) is 0 Å². The molecule has 0 aliphatic heterocycles.